The highest BCUT2D eigenvalue weighted by Crippen LogP contribution is 2.23. The number of para-hydroxylation sites is 1. The molecule has 0 radical (unpaired) electrons. The number of benzene rings is 2. The Morgan fingerprint density at radius 3 is 2.66 bits per heavy atom. The molecule has 0 saturated carbocycles. The van der Waals surface area contributed by atoms with Gasteiger partial charge in [-0.3, -0.25) is 9.48 Å². The third-order valence-corrected chi connectivity index (χ3v) is 4.58. The summed E-state index contributed by atoms with van der Waals surface area (Å²) in [7, 11) is 1.78. The summed E-state index contributed by atoms with van der Waals surface area (Å²) in [6.07, 6.45) is 3.14. The van der Waals surface area contributed by atoms with Crippen molar-refractivity contribution in [1.82, 2.24) is 14.3 Å². The third kappa shape index (κ3) is 3.60. The van der Waals surface area contributed by atoms with Crippen molar-refractivity contribution in [2.24, 2.45) is 7.05 Å². The Morgan fingerprint density at radius 2 is 1.97 bits per heavy atom. The SMILES string of the molecule is Cn1cc(-c2ccc(Cn3cc(OC(=O)O)c(=O)c4ccccc43)c(F)c2)cn1. The number of halogens is 1. The van der Waals surface area contributed by atoms with E-state index in [0.717, 1.165) is 5.56 Å². The first-order chi connectivity index (χ1) is 13.9. The Balaban J connectivity index is 1.77. The van der Waals surface area contributed by atoms with Gasteiger partial charge in [-0.25, -0.2) is 9.18 Å². The first-order valence-electron chi connectivity index (χ1n) is 8.73. The number of hydrogen-bond acceptors (Lipinski definition) is 4. The maximum atomic E-state index is 14.8. The second-order valence-corrected chi connectivity index (χ2v) is 6.54. The number of rotatable bonds is 4. The molecular weight excluding hydrogens is 377 g/mol. The zero-order valence-electron chi connectivity index (χ0n) is 15.4. The first kappa shape index (κ1) is 18.4. The summed E-state index contributed by atoms with van der Waals surface area (Å²) < 4.78 is 22.6. The first-order valence-corrected chi connectivity index (χ1v) is 8.73. The van der Waals surface area contributed by atoms with Crippen LogP contribution >= 0.6 is 0 Å². The molecule has 2 heterocycles. The highest BCUT2D eigenvalue weighted by atomic mass is 19.1. The van der Waals surface area contributed by atoms with Crippen molar-refractivity contribution in [1.29, 1.82) is 0 Å². The Morgan fingerprint density at radius 1 is 1.17 bits per heavy atom. The van der Waals surface area contributed by atoms with E-state index in [0.29, 0.717) is 22.0 Å². The fraction of sp³-hybridized carbons (Fsp3) is 0.0952. The van der Waals surface area contributed by atoms with Gasteiger partial charge in [0, 0.05) is 29.8 Å². The van der Waals surface area contributed by atoms with Gasteiger partial charge in [0.2, 0.25) is 5.43 Å². The number of fused-ring (bicyclic) bond motifs is 1. The van der Waals surface area contributed by atoms with Gasteiger partial charge < -0.3 is 14.4 Å². The average molecular weight is 393 g/mol. The predicted octanol–water partition coefficient (Wildman–Crippen LogP) is 3.65. The number of carbonyl (C=O) groups is 1. The number of nitrogens with zero attached hydrogens (tertiary/aromatic N) is 3. The minimum Gasteiger partial charge on any atom is -0.449 e. The standard InChI is InChI=1S/C21H16FN3O4/c1-24-10-15(9-23-24)13-6-7-14(17(22)8-13)11-25-12-19(29-21(27)28)20(26)16-4-2-3-5-18(16)25/h2-10,12H,11H2,1H3,(H,27,28). The minimum atomic E-state index is -1.59. The van der Waals surface area contributed by atoms with Crippen LogP contribution in [0.25, 0.3) is 22.0 Å². The van der Waals surface area contributed by atoms with Crippen LogP contribution in [-0.2, 0) is 13.6 Å². The molecular formula is C21H16FN3O4. The van der Waals surface area contributed by atoms with Gasteiger partial charge in [0.1, 0.15) is 5.82 Å². The molecule has 29 heavy (non-hydrogen) atoms. The average Bonchev–Trinajstić information content (AvgIpc) is 3.13. The van der Waals surface area contributed by atoms with E-state index in [-0.39, 0.29) is 12.3 Å². The van der Waals surface area contributed by atoms with Gasteiger partial charge in [0.25, 0.3) is 0 Å². The molecule has 0 atom stereocenters. The number of hydrogen-bond donors (Lipinski definition) is 1. The van der Waals surface area contributed by atoms with Gasteiger partial charge in [-0.2, -0.15) is 5.10 Å². The molecule has 0 aliphatic carbocycles. The summed E-state index contributed by atoms with van der Waals surface area (Å²) in [5, 5.41) is 13.3. The molecule has 8 heteroatoms. The van der Waals surface area contributed by atoms with Crippen LogP contribution in [0.3, 0.4) is 0 Å². The Kier molecular flexibility index (Phi) is 4.59. The highest BCUT2D eigenvalue weighted by Gasteiger charge is 2.14. The van der Waals surface area contributed by atoms with E-state index >= 15 is 0 Å². The van der Waals surface area contributed by atoms with E-state index in [4.69, 9.17) is 5.11 Å². The van der Waals surface area contributed by atoms with Gasteiger partial charge in [-0.15, -0.1) is 0 Å². The second-order valence-electron chi connectivity index (χ2n) is 6.54. The molecule has 146 valence electrons. The van der Waals surface area contributed by atoms with E-state index in [2.05, 4.69) is 9.84 Å². The molecule has 0 bridgehead atoms. The molecule has 0 fully saturated rings. The van der Waals surface area contributed by atoms with E-state index < -0.39 is 17.4 Å². The van der Waals surface area contributed by atoms with Crippen molar-refractivity contribution >= 4 is 17.1 Å². The monoisotopic (exact) mass is 393 g/mol. The van der Waals surface area contributed by atoms with E-state index in [1.54, 1.807) is 65.1 Å². The Hall–Kier alpha value is -3.94. The van der Waals surface area contributed by atoms with Crippen LogP contribution in [0.5, 0.6) is 5.75 Å². The molecule has 0 aliphatic heterocycles. The molecule has 7 nitrogen and oxygen atoms in total. The van der Waals surface area contributed by atoms with Crippen molar-refractivity contribution in [2.45, 2.75) is 6.54 Å². The lowest BCUT2D eigenvalue weighted by atomic mass is 10.1. The van der Waals surface area contributed by atoms with Crippen LogP contribution in [-0.4, -0.2) is 25.6 Å². The maximum absolute atomic E-state index is 14.8. The molecule has 4 aromatic rings. The lowest BCUT2D eigenvalue weighted by Gasteiger charge is -2.14. The largest absolute Gasteiger partial charge is 0.511 e. The summed E-state index contributed by atoms with van der Waals surface area (Å²) in [5.74, 6) is -0.751. The summed E-state index contributed by atoms with van der Waals surface area (Å²) in [6.45, 7) is 0.0932. The molecule has 0 spiro atoms. The van der Waals surface area contributed by atoms with Crippen LogP contribution in [0.2, 0.25) is 0 Å². The molecule has 0 amide bonds. The number of carboxylic acid groups (broad SMARTS) is 1. The molecule has 2 aromatic carbocycles. The Labute approximate surface area is 164 Å². The zero-order chi connectivity index (χ0) is 20.5. The minimum absolute atomic E-state index is 0.0932. The van der Waals surface area contributed by atoms with Gasteiger partial charge in [-0.05, 0) is 23.8 Å². The van der Waals surface area contributed by atoms with Crippen LogP contribution in [0.15, 0.2) is 65.8 Å². The number of aryl methyl sites for hydroxylation is 1. The summed E-state index contributed by atoms with van der Waals surface area (Å²) >= 11 is 0. The van der Waals surface area contributed by atoms with Gasteiger partial charge >= 0.3 is 6.16 Å². The lowest BCUT2D eigenvalue weighted by Crippen LogP contribution is -2.16. The smallest absolute Gasteiger partial charge is 0.449 e. The predicted molar refractivity (Wildman–Crippen MR) is 105 cm³/mol. The summed E-state index contributed by atoms with van der Waals surface area (Å²) in [4.78, 5) is 23.4. The normalized spacial score (nSPS) is 11.0. The van der Waals surface area contributed by atoms with Crippen molar-refractivity contribution in [3.63, 3.8) is 0 Å². The van der Waals surface area contributed by atoms with E-state index in [1.807, 2.05) is 0 Å². The van der Waals surface area contributed by atoms with Crippen molar-refractivity contribution in [3.05, 3.63) is 82.7 Å². The quantitative estimate of drug-likeness (QED) is 0.535. The topological polar surface area (TPSA) is 86.4 Å². The fourth-order valence-electron chi connectivity index (χ4n) is 3.23. The van der Waals surface area contributed by atoms with Crippen molar-refractivity contribution in [3.8, 4) is 16.9 Å². The van der Waals surface area contributed by atoms with Gasteiger partial charge in [0.05, 0.1) is 24.5 Å². The van der Waals surface area contributed by atoms with Crippen LogP contribution in [0.4, 0.5) is 9.18 Å². The van der Waals surface area contributed by atoms with Crippen molar-refractivity contribution < 1.29 is 19.0 Å². The number of aromatic nitrogens is 3. The number of ether oxygens (including phenoxy) is 1. The second kappa shape index (κ2) is 7.23. The van der Waals surface area contributed by atoms with E-state index in [9.17, 15) is 14.0 Å². The molecule has 4 rings (SSSR count). The van der Waals surface area contributed by atoms with Crippen molar-refractivity contribution in [2.75, 3.05) is 0 Å². The van der Waals surface area contributed by atoms with Crippen LogP contribution in [0, 0.1) is 5.82 Å². The Bertz CT molecular complexity index is 1290. The van der Waals surface area contributed by atoms with Crippen LogP contribution in [0.1, 0.15) is 5.56 Å². The zero-order valence-corrected chi connectivity index (χ0v) is 15.4. The molecule has 1 N–H and O–H groups in total. The molecule has 0 unspecified atom stereocenters. The van der Waals surface area contributed by atoms with E-state index in [1.165, 1.54) is 12.3 Å². The van der Waals surface area contributed by atoms with Gasteiger partial charge in [-0.1, -0.05) is 24.3 Å². The fourth-order valence-corrected chi connectivity index (χ4v) is 3.23. The third-order valence-electron chi connectivity index (χ3n) is 4.58. The maximum Gasteiger partial charge on any atom is 0.511 e. The molecule has 2 aromatic heterocycles. The molecule has 0 aliphatic rings. The summed E-state index contributed by atoms with van der Waals surface area (Å²) in [6, 6.07) is 11.6. The number of pyridine rings is 1. The lowest BCUT2D eigenvalue weighted by molar-refractivity contribution is 0.144. The van der Waals surface area contributed by atoms with Gasteiger partial charge in [0.15, 0.2) is 5.75 Å². The highest BCUT2D eigenvalue weighted by molar-refractivity contribution is 5.81. The summed E-state index contributed by atoms with van der Waals surface area (Å²) in [5.41, 5.74) is 1.88. The molecule has 0 saturated heterocycles. The van der Waals surface area contributed by atoms with Crippen LogP contribution < -0.4 is 10.2 Å².